The normalized spacial score (nSPS) is 16.0. The molecule has 1 fully saturated rings. The SMILES string of the molecule is Cc1cc(C(=O)ON2CCCCC2)c(C(C)C)cc1[N+](C)(C)C.[Cl-]. The van der Waals surface area contributed by atoms with E-state index in [-0.39, 0.29) is 24.3 Å². The molecule has 0 amide bonds. The van der Waals surface area contributed by atoms with E-state index in [4.69, 9.17) is 4.84 Å². The van der Waals surface area contributed by atoms with E-state index in [1.807, 2.05) is 11.1 Å². The molecule has 0 bridgehead atoms. The van der Waals surface area contributed by atoms with E-state index < -0.39 is 0 Å². The van der Waals surface area contributed by atoms with Crippen molar-refractivity contribution in [2.75, 3.05) is 34.2 Å². The summed E-state index contributed by atoms with van der Waals surface area (Å²) in [5.41, 5.74) is 4.15. The molecule has 1 aliphatic rings. The Morgan fingerprint density at radius 2 is 1.71 bits per heavy atom. The maximum Gasteiger partial charge on any atom is 0.357 e. The number of carbonyl (C=O) groups is 1. The lowest BCUT2D eigenvalue weighted by Crippen LogP contribution is -3.00. The Balaban J connectivity index is 0.00000288. The van der Waals surface area contributed by atoms with E-state index in [1.54, 1.807) is 0 Å². The highest BCUT2D eigenvalue weighted by Crippen LogP contribution is 2.31. The van der Waals surface area contributed by atoms with Crippen LogP contribution in [0.5, 0.6) is 0 Å². The standard InChI is InChI=1S/C19H31N2O2.ClH/c1-14(2)16-13-18(21(4,5)6)15(3)12-17(16)19(22)23-20-10-8-7-9-11-20;/h12-14H,7-11H2,1-6H3;1H/q+1;/p-1. The van der Waals surface area contributed by atoms with Crippen LogP contribution in [0.15, 0.2) is 12.1 Å². The van der Waals surface area contributed by atoms with E-state index in [0.29, 0.717) is 5.56 Å². The van der Waals surface area contributed by atoms with Gasteiger partial charge >= 0.3 is 5.97 Å². The average Bonchev–Trinajstić information content (AvgIpc) is 2.46. The third-order valence-corrected chi connectivity index (χ3v) is 4.46. The van der Waals surface area contributed by atoms with Gasteiger partial charge in [0, 0.05) is 24.7 Å². The second kappa shape index (κ2) is 8.32. The van der Waals surface area contributed by atoms with Gasteiger partial charge in [-0.25, -0.2) is 4.79 Å². The lowest BCUT2D eigenvalue weighted by molar-refractivity contribution is -0.119. The summed E-state index contributed by atoms with van der Waals surface area (Å²) >= 11 is 0. The number of hydroxylamine groups is 2. The average molecular weight is 355 g/mol. The van der Waals surface area contributed by atoms with Crippen molar-refractivity contribution in [2.45, 2.75) is 46.0 Å². The summed E-state index contributed by atoms with van der Waals surface area (Å²) < 4.78 is 0.743. The molecule has 0 saturated carbocycles. The fourth-order valence-electron chi connectivity index (χ4n) is 3.21. The fraction of sp³-hybridized carbons (Fsp3) is 0.632. The second-order valence-electron chi connectivity index (χ2n) is 7.76. The van der Waals surface area contributed by atoms with Crippen LogP contribution < -0.4 is 16.9 Å². The summed E-state index contributed by atoms with van der Waals surface area (Å²) in [4.78, 5) is 18.3. The van der Waals surface area contributed by atoms with Gasteiger partial charge in [-0.05, 0) is 37.3 Å². The first-order valence-electron chi connectivity index (χ1n) is 8.64. The Bertz CT molecular complexity index is 573. The molecule has 4 nitrogen and oxygen atoms in total. The number of carbonyl (C=O) groups excluding carboxylic acids is 1. The molecule has 0 spiro atoms. The Hall–Kier alpha value is -1.10. The quantitative estimate of drug-likeness (QED) is 0.752. The topological polar surface area (TPSA) is 29.5 Å². The summed E-state index contributed by atoms with van der Waals surface area (Å²) in [6.07, 6.45) is 3.43. The van der Waals surface area contributed by atoms with Crippen molar-refractivity contribution in [3.8, 4) is 0 Å². The smallest absolute Gasteiger partial charge is 0.357 e. The maximum atomic E-state index is 12.7. The molecule has 136 valence electrons. The Kier molecular flexibility index (Phi) is 7.26. The van der Waals surface area contributed by atoms with Crippen molar-refractivity contribution in [1.29, 1.82) is 0 Å². The van der Waals surface area contributed by atoms with Crippen molar-refractivity contribution in [2.24, 2.45) is 0 Å². The summed E-state index contributed by atoms with van der Waals surface area (Å²) in [5, 5.41) is 1.82. The van der Waals surface area contributed by atoms with Gasteiger partial charge in [0.15, 0.2) is 0 Å². The number of hydrogen-bond acceptors (Lipinski definition) is 3. The van der Waals surface area contributed by atoms with Crippen molar-refractivity contribution in [3.05, 3.63) is 28.8 Å². The van der Waals surface area contributed by atoms with Gasteiger partial charge in [0.2, 0.25) is 0 Å². The first kappa shape index (κ1) is 20.9. The molecule has 0 aromatic heterocycles. The Morgan fingerprint density at radius 3 is 2.21 bits per heavy atom. The second-order valence-corrected chi connectivity index (χ2v) is 7.76. The van der Waals surface area contributed by atoms with Crippen LogP contribution >= 0.6 is 0 Å². The third kappa shape index (κ3) is 4.95. The number of aryl methyl sites for hydroxylation is 1. The maximum absolute atomic E-state index is 12.7. The molecule has 1 aromatic rings. The Morgan fingerprint density at radius 1 is 1.12 bits per heavy atom. The molecule has 0 radical (unpaired) electrons. The van der Waals surface area contributed by atoms with Gasteiger partial charge in [-0.15, -0.1) is 5.06 Å². The summed E-state index contributed by atoms with van der Waals surface area (Å²) in [6, 6.07) is 4.17. The molecule has 0 unspecified atom stereocenters. The minimum absolute atomic E-state index is 0. The summed E-state index contributed by atoms with van der Waals surface area (Å²) in [6.45, 7) is 8.02. The number of halogens is 1. The monoisotopic (exact) mass is 354 g/mol. The van der Waals surface area contributed by atoms with Crippen molar-refractivity contribution < 1.29 is 22.0 Å². The van der Waals surface area contributed by atoms with E-state index in [2.05, 4.69) is 48.0 Å². The van der Waals surface area contributed by atoms with Gasteiger partial charge in [-0.2, -0.15) is 0 Å². The molecule has 1 heterocycles. The number of piperidine rings is 1. The van der Waals surface area contributed by atoms with Crippen LogP contribution in [0.2, 0.25) is 0 Å². The summed E-state index contributed by atoms with van der Waals surface area (Å²) in [7, 11) is 6.45. The predicted octanol–water partition coefficient (Wildman–Crippen LogP) is 0.877. The molecule has 2 rings (SSSR count). The van der Waals surface area contributed by atoms with Crippen LogP contribution in [0.1, 0.15) is 60.5 Å². The van der Waals surface area contributed by atoms with Crippen molar-refractivity contribution in [1.82, 2.24) is 9.55 Å². The molecular formula is C19H31ClN2O2. The number of hydrogen-bond donors (Lipinski definition) is 0. The molecular weight excluding hydrogens is 324 g/mol. The predicted molar refractivity (Wildman–Crippen MR) is 95.7 cm³/mol. The molecule has 1 aromatic carbocycles. The first-order chi connectivity index (χ1) is 10.7. The highest BCUT2D eigenvalue weighted by Gasteiger charge is 2.25. The van der Waals surface area contributed by atoms with Crippen LogP contribution in [0, 0.1) is 6.92 Å². The van der Waals surface area contributed by atoms with Gasteiger partial charge in [0.25, 0.3) is 0 Å². The largest absolute Gasteiger partial charge is 1.00 e. The number of quaternary nitrogens is 1. The zero-order valence-corrected chi connectivity index (χ0v) is 16.6. The molecule has 24 heavy (non-hydrogen) atoms. The van der Waals surface area contributed by atoms with Crippen LogP contribution in [-0.2, 0) is 4.84 Å². The molecule has 1 aliphatic heterocycles. The van der Waals surface area contributed by atoms with Crippen molar-refractivity contribution >= 4 is 11.7 Å². The van der Waals surface area contributed by atoms with E-state index in [9.17, 15) is 4.79 Å². The molecule has 0 N–H and O–H groups in total. The molecule has 5 heteroatoms. The third-order valence-electron chi connectivity index (χ3n) is 4.46. The lowest BCUT2D eigenvalue weighted by atomic mass is 9.93. The highest BCUT2D eigenvalue weighted by molar-refractivity contribution is 5.92. The van der Waals surface area contributed by atoms with Gasteiger partial charge in [-0.1, -0.05) is 20.3 Å². The van der Waals surface area contributed by atoms with E-state index in [0.717, 1.165) is 41.5 Å². The fourth-order valence-corrected chi connectivity index (χ4v) is 3.21. The minimum atomic E-state index is -0.216. The zero-order chi connectivity index (χ0) is 17.2. The van der Waals surface area contributed by atoms with E-state index >= 15 is 0 Å². The highest BCUT2D eigenvalue weighted by atomic mass is 35.5. The number of nitrogens with zero attached hydrogens (tertiary/aromatic N) is 2. The van der Waals surface area contributed by atoms with Gasteiger partial charge < -0.3 is 17.2 Å². The number of rotatable bonds is 4. The molecule has 1 saturated heterocycles. The van der Waals surface area contributed by atoms with Crippen LogP contribution in [-0.4, -0.2) is 45.3 Å². The van der Waals surface area contributed by atoms with Crippen molar-refractivity contribution in [3.63, 3.8) is 0 Å². The minimum Gasteiger partial charge on any atom is -1.00 e. The lowest BCUT2D eigenvalue weighted by Gasteiger charge is -2.28. The van der Waals surface area contributed by atoms with Crippen LogP contribution in [0.25, 0.3) is 0 Å². The van der Waals surface area contributed by atoms with Crippen LogP contribution in [0.4, 0.5) is 5.69 Å². The first-order valence-corrected chi connectivity index (χ1v) is 8.64. The van der Waals surface area contributed by atoms with Gasteiger partial charge in [-0.3, -0.25) is 4.48 Å². The van der Waals surface area contributed by atoms with Gasteiger partial charge in [0.1, 0.15) is 5.69 Å². The van der Waals surface area contributed by atoms with Crippen LogP contribution in [0.3, 0.4) is 0 Å². The molecule has 0 atom stereocenters. The van der Waals surface area contributed by atoms with E-state index in [1.165, 1.54) is 12.1 Å². The number of benzene rings is 1. The Labute approximate surface area is 152 Å². The summed E-state index contributed by atoms with van der Waals surface area (Å²) in [5.74, 6) is 0.0662. The zero-order valence-electron chi connectivity index (χ0n) is 15.9. The van der Waals surface area contributed by atoms with Gasteiger partial charge in [0.05, 0.1) is 26.7 Å². The molecule has 0 aliphatic carbocycles.